The first-order valence-corrected chi connectivity index (χ1v) is 7.89. The van der Waals surface area contributed by atoms with Gasteiger partial charge in [0, 0.05) is 24.7 Å². The fourth-order valence-electron chi connectivity index (χ4n) is 3.04. The van der Waals surface area contributed by atoms with Crippen LogP contribution in [0.5, 0.6) is 0 Å². The second kappa shape index (κ2) is 6.56. The van der Waals surface area contributed by atoms with Crippen LogP contribution in [0.25, 0.3) is 0 Å². The van der Waals surface area contributed by atoms with Crippen molar-refractivity contribution >= 4 is 0 Å². The minimum Gasteiger partial charge on any atom is -0.327 e. The molecular formula is C16H29N3. The van der Waals surface area contributed by atoms with Crippen LogP contribution in [0, 0.1) is 11.8 Å². The number of nitrogens with zero attached hydrogens (tertiary/aromatic N) is 2. The summed E-state index contributed by atoms with van der Waals surface area (Å²) in [6.07, 6.45) is 9.44. The van der Waals surface area contributed by atoms with Crippen LogP contribution in [0.2, 0.25) is 0 Å². The van der Waals surface area contributed by atoms with E-state index in [2.05, 4.69) is 42.8 Å². The second-order valence-electron chi connectivity index (χ2n) is 6.43. The predicted octanol–water partition coefficient (Wildman–Crippen LogP) is 3.55. The normalized spacial score (nSPS) is 27.2. The van der Waals surface area contributed by atoms with Gasteiger partial charge in [-0.1, -0.05) is 26.7 Å². The highest BCUT2D eigenvalue weighted by Crippen LogP contribution is 2.30. The molecule has 1 aromatic heterocycles. The van der Waals surface area contributed by atoms with Gasteiger partial charge in [-0.2, -0.15) is 5.10 Å². The summed E-state index contributed by atoms with van der Waals surface area (Å²) in [5.74, 6) is 1.60. The van der Waals surface area contributed by atoms with E-state index in [4.69, 9.17) is 5.73 Å². The van der Waals surface area contributed by atoms with E-state index >= 15 is 0 Å². The third-order valence-electron chi connectivity index (χ3n) is 4.82. The Balaban J connectivity index is 1.88. The molecule has 1 aliphatic rings. The van der Waals surface area contributed by atoms with Crippen molar-refractivity contribution in [2.45, 2.75) is 71.4 Å². The monoisotopic (exact) mass is 263 g/mol. The minimum atomic E-state index is 0.285. The first-order valence-electron chi connectivity index (χ1n) is 7.89. The first kappa shape index (κ1) is 14.6. The summed E-state index contributed by atoms with van der Waals surface area (Å²) in [5.41, 5.74) is 7.55. The van der Waals surface area contributed by atoms with E-state index in [1.807, 2.05) is 0 Å². The molecule has 1 aliphatic carbocycles. The molecule has 2 N–H and O–H groups in total. The summed E-state index contributed by atoms with van der Waals surface area (Å²) < 4.78 is 2.07. The van der Waals surface area contributed by atoms with E-state index in [-0.39, 0.29) is 6.04 Å². The Morgan fingerprint density at radius 2 is 2.05 bits per heavy atom. The van der Waals surface area contributed by atoms with Gasteiger partial charge in [0.2, 0.25) is 0 Å². The summed E-state index contributed by atoms with van der Waals surface area (Å²) in [6.45, 7) is 6.76. The molecule has 0 amide bonds. The summed E-state index contributed by atoms with van der Waals surface area (Å²) in [7, 11) is 0. The van der Waals surface area contributed by atoms with E-state index < -0.39 is 0 Å². The zero-order valence-electron chi connectivity index (χ0n) is 12.7. The topological polar surface area (TPSA) is 43.8 Å². The highest BCUT2D eigenvalue weighted by atomic mass is 15.3. The van der Waals surface area contributed by atoms with Crippen LogP contribution in [0.15, 0.2) is 12.3 Å². The van der Waals surface area contributed by atoms with Gasteiger partial charge in [-0.05, 0) is 44.1 Å². The maximum atomic E-state index is 6.39. The smallest absolute Gasteiger partial charge is 0.0640 e. The molecule has 1 fully saturated rings. The number of aromatic nitrogens is 2. The van der Waals surface area contributed by atoms with Gasteiger partial charge in [0.15, 0.2) is 0 Å². The van der Waals surface area contributed by atoms with Crippen molar-refractivity contribution in [2.24, 2.45) is 17.6 Å². The zero-order chi connectivity index (χ0) is 13.8. The van der Waals surface area contributed by atoms with Crippen LogP contribution in [0.4, 0.5) is 0 Å². The van der Waals surface area contributed by atoms with Crippen LogP contribution in [-0.2, 0) is 6.42 Å². The number of rotatable bonds is 5. The predicted molar refractivity (Wildman–Crippen MR) is 80.0 cm³/mol. The van der Waals surface area contributed by atoms with Crippen molar-refractivity contribution < 1.29 is 0 Å². The maximum Gasteiger partial charge on any atom is 0.0640 e. The van der Waals surface area contributed by atoms with Crippen molar-refractivity contribution in [2.75, 3.05) is 0 Å². The van der Waals surface area contributed by atoms with Gasteiger partial charge < -0.3 is 5.73 Å². The Bertz CT molecular complexity index is 377. The van der Waals surface area contributed by atoms with Crippen molar-refractivity contribution in [3.05, 3.63) is 18.0 Å². The third kappa shape index (κ3) is 3.82. The molecule has 0 aliphatic heterocycles. The van der Waals surface area contributed by atoms with Crippen LogP contribution >= 0.6 is 0 Å². The Kier molecular flexibility index (Phi) is 5.03. The molecule has 2 atom stereocenters. The summed E-state index contributed by atoms with van der Waals surface area (Å²) in [5, 5.41) is 4.67. The summed E-state index contributed by atoms with van der Waals surface area (Å²) >= 11 is 0. The number of hydrogen-bond acceptors (Lipinski definition) is 2. The van der Waals surface area contributed by atoms with E-state index in [0.717, 1.165) is 24.5 Å². The summed E-state index contributed by atoms with van der Waals surface area (Å²) in [6, 6.07) is 2.91. The Hall–Kier alpha value is -0.830. The molecule has 0 bridgehead atoms. The van der Waals surface area contributed by atoms with E-state index in [1.54, 1.807) is 0 Å². The van der Waals surface area contributed by atoms with E-state index in [0.29, 0.717) is 12.0 Å². The molecule has 1 saturated carbocycles. The Morgan fingerprint density at radius 1 is 1.37 bits per heavy atom. The fraction of sp³-hybridized carbons (Fsp3) is 0.812. The van der Waals surface area contributed by atoms with Crippen molar-refractivity contribution in [1.29, 1.82) is 0 Å². The van der Waals surface area contributed by atoms with Gasteiger partial charge in [-0.15, -0.1) is 0 Å². The molecule has 19 heavy (non-hydrogen) atoms. The molecule has 0 radical (unpaired) electrons. The average Bonchev–Trinajstić information content (AvgIpc) is 2.87. The quantitative estimate of drug-likeness (QED) is 0.883. The molecule has 1 aromatic rings. The van der Waals surface area contributed by atoms with E-state index in [1.165, 1.54) is 25.7 Å². The maximum absolute atomic E-state index is 6.39. The van der Waals surface area contributed by atoms with Crippen LogP contribution in [-0.4, -0.2) is 15.8 Å². The fourth-order valence-corrected chi connectivity index (χ4v) is 3.04. The average molecular weight is 263 g/mol. The number of nitrogens with two attached hydrogens (primary N) is 1. The van der Waals surface area contributed by atoms with Gasteiger partial charge >= 0.3 is 0 Å². The van der Waals surface area contributed by atoms with E-state index in [9.17, 15) is 0 Å². The van der Waals surface area contributed by atoms with Gasteiger partial charge in [0.1, 0.15) is 0 Å². The van der Waals surface area contributed by atoms with Crippen molar-refractivity contribution in [3.63, 3.8) is 0 Å². The lowest BCUT2D eigenvalue weighted by molar-refractivity contribution is 0.252. The molecule has 108 valence electrons. The molecule has 1 heterocycles. The number of hydrogen-bond donors (Lipinski definition) is 1. The largest absolute Gasteiger partial charge is 0.327 e. The van der Waals surface area contributed by atoms with Gasteiger partial charge in [-0.3, -0.25) is 4.68 Å². The lowest BCUT2D eigenvalue weighted by Crippen LogP contribution is -2.34. The highest BCUT2D eigenvalue weighted by molar-refractivity contribution is 5.03. The standard InChI is InChI=1S/C16H29N3/c1-4-13(3)19-10-9-15(18-19)11-16(17)14-7-5-12(2)6-8-14/h9-10,12-14,16H,4-8,11,17H2,1-3H3. The Morgan fingerprint density at radius 3 is 2.68 bits per heavy atom. The van der Waals surface area contributed by atoms with Crippen LogP contribution in [0.1, 0.15) is 64.6 Å². The van der Waals surface area contributed by atoms with Gasteiger partial charge in [0.25, 0.3) is 0 Å². The second-order valence-corrected chi connectivity index (χ2v) is 6.43. The molecule has 2 rings (SSSR count). The SMILES string of the molecule is CCC(C)n1ccc(CC(N)C2CCC(C)CC2)n1. The summed E-state index contributed by atoms with van der Waals surface area (Å²) in [4.78, 5) is 0. The molecule has 2 unspecified atom stereocenters. The first-order chi connectivity index (χ1) is 9.10. The minimum absolute atomic E-state index is 0.285. The molecule has 0 aromatic carbocycles. The highest BCUT2D eigenvalue weighted by Gasteiger charge is 2.24. The Labute approximate surface area is 117 Å². The van der Waals surface area contributed by atoms with Gasteiger partial charge in [0.05, 0.1) is 5.69 Å². The molecular weight excluding hydrogens is 234 g/mol. The van der Waals surface area contributed by atoms with Crippen LogP contribution in [0.3, 0.4) is 0 Å². The molecule has 0 saturated heterocycles. The third-order valence-corrected chi connectivity index (χ3v) is 4.82. The lowest BCUT2D eigenvalue weighted by Gasteiger charge is -2.30. The molecule has 3 nitrogen and oxygen atoms in total. The zero-order valence-corrected chi connectivity index (χ0v) is 12.7. The lowest BCUT2D eigenvalue weighted by atomic mass is 9.78. The molecule has 0 spiro atoms. The van der Waals surface area contributed by atoms with Crippen molar-refractivity contribution in [3.8, 4) is 0 Å². The van der Waals surface area contributed by atoms with Gasteiger partial charge in [-0.25, -0.2) is 0 Å². The van der Waals surface area contributed by atoms with Crippen molar-refractivity contribution in [1.82, 2.24) is 9.78 Å². The van der Waals surface area contributed by atoms with Crippen LogP contribution < -0.4 is 5.73 Å². The molecule has 3 heteroatoms.